The van der Waals surface area contributed by atoms with Gasteiger partial charge in [0.05, 0.1) is 12.7 Å². The van der Waals surface area contributed by atoms with Crippen molar-refractivity contribution in [2.24, 2.45) is 0 Å². The number of nitrogens with one attached hydrogen (secondary N) is 2. The summed E-state index contributed by atoms with van der Waals surface area (Å²) in [5.74, 6) is -0.281. The normalized spacial score (nSPS) is 17.2. The number of benzene rings is 1. The molecule has 1 atom stereocenters. The zero-order valence-corrected chi connectivity index (χ0v) is 13.5. The van der Waals surface area contributed by atoms with E-state index in [4.69, 9.17) is 9.47 Å². The molecule has 1 saturated heterocycles. The summed E-state index contributed by atoms with van der Waals surface area (Å²) in [4.78, 5) is 26.7. The Labute approximate surface area is 140 Å². The minimum Gasteiger partial charge on any atom is -0.379 e. The van der Waals surface area contributed by atoms with Crippen molar-refractivity contribution in [3.05, 3.63) is 46.4 Å². The van der Waals surface area contributed by atoms with Crippen molar-refractivity contribution in [1.29, 1.82) is 0 Å². The van der Waals surface area contributed by atoms with Gasteiger partial charge < -0.3 is 19.8 Å². The summed E-state index contributed by atoms with van der Waals surface area (Å²) in [6, 6.07) is 8.89. The largest absolute Gasteiger partial charge is 0.379 e. The molecular formula is C18H22N2O4. The molecule has 0 saturated carbocycles. The Hall–Kier alpha value is -2.18. The smallest absolute Gasteiger partial charge is 0.267 e. The number of amides is 1. The van der Waals surface area contributed by atoms with Gasteiger partial charge in [0.15, 0.2) is 0 Å². The molecule has 1 aromatic carbocycles. The molecule has 1 aromatic heterocycles. The van der Waals surface area contributed by atoms with Gasteiger partial charge >= 0.3 is 0 Å². The molecule has 1 amide bonds. The molecule has 0 aliphatic carbocycles. The van der Waals surface area contributed by atoms with Crippen molar-refractivity contribution >= 4 is 16.7 Å². The first-order chi connectivity index (χ1) is 11.7. The van der Waals surface area contributed by atoms with Gasteiger partial charge in [-0.3, -0.25) is 9.59 Å². The van der Waals surface area contributed by atoms with Crippen molar-refractivity contribution in [1.82, 2.24) is 10.3 Å². The van der Waals surface area contributed by atoms with Crippen LogP contribution in [0.2, 0.25) is 0 Å². The van der Waals surface area contributed by atoms with Gasteiger partial charge in [-0.1, -0.05) is 18.2 Å². The number of ether oxygens (including phenoxy) is 2. The number of fused-ring (bicyclic) bond motifs is 1. The fraction of sp³-hybridized carbons (Fsp3) is 0.444. The first-order valence-corrected chi connectivity index (χ1v) is 8.33. The molecule has 1 aliphatic rings. The average molecular weight is 330 g/mol. The van der Waals surface area contributed by atoms with E-state index in [-0.39, 0.29) is 23.3 Å². The van der Waals surface area contributed by atoms with Gasteiger partial charge in [-0.15, -0.1) is 0 Å². The highest BCUT2D eigenvalue weighted by atomic mass is 16.5. The quantitative estimate of drug-likeness (QED) is 0.759. The van der Waals surface area contributed by atoms with Crippen LogP contribution < -0.4 is 10.9 Å². The van der Waals surface area contributed by atoms with Gasteiger partial charge in [-0.25, -0.2) is 0 Å². The third-order valence-electron chi connectivity index (χ3n) is 4.08. The van der Waals surface area contributed by atoms with Crippen LogP contribution in [0.4, 0.5) is 0 Å². The Morgan fingerprint density at radius 3 is 3.08 bits per heavy atom. The van der Waals surface area contributed by atoms with Gasteiger partial charge in [0.25, 0.3) is 11.5 Å². The van der Waals surface area contributed by atoms with E-state index in [0.717, 1.165) is 31.3 Å². The number of aromatic amines is 1. The lowest BCUT2D eigenvalue weighted by atomic mass is 10.1. The second-order valence-electron chi connectivity index (χ2n) is 5.92. The van der Waals surface area contributed by atoms with Crippen LogP contribution in [-0.4, -0.2) is 43.4 Å². The van der Waals surface area contributed by atoms with E-state index >= 15 is 0 Å². The predicted molar refractivity (Wildman–Crippen MR) is 91.3 cm³/mol. The van der Waals surface area contributed by atoms with Crippen LogP contribution >= 0.6 is 0 Å². The molecule has 0 spiro atoms. The van der Waals surface area contributed by atoms with Crippen molar-refractivity contribution in [2.75, 3.05) is 26.4 Å². The lowest BCUT2D eigenvalue weighted by Crippen LogP contribution is -2.28. The molecule has 1 aliphatic heterocycles. The van der Waals surface area contributed by atoms with E-state index in [9.17, 15) is 9.59 Å². The van der Waals surface area contributed by atoms with Crippen LogP contribution in [-0.2, 0) is 9.47 Å². The van der Waals surface area contributed by atoms with Crippen LogP contribution in [0.25, 0.3) is 10.8 Å². The molecule has 128 valence electrons. The predicted octanol–water partition coefficient (Wildman–Crippen LogP) is 1.84. The Balaban J connectivity index is 1.44. The minimum absolute atomic E-state index is 0.224. The Morgan fingerprint density at radius 2 is 2.25 bits per heavy atom. The molecule has 2 N–H and O–H groups in total. The molecule has 2 heterocycles. The van der Waals surface area contributed by atoms with Crippen LogP contribution in [0.3, 0.4) is 0 Å². The number of hydrogen-bond donors (Lipinski definition) is 2. The van der Waals surface area contributed by atoms with Crippen LogP contribution in [0.5, 0.6) is 0 Å². The lowest BCUT2D eigenvalue weighted by molar-refractivity contribution is 0.0166. The van der Waals surface area contributed by atoms with Gasteiger partial charge in [0.2, 0.25) is 0 Å². The van der Waals surface area contributed by atoms with E-state index in [0.29, 0.717) is 25.1 Å². The Kier molecular flexibility index (Phi) is 5.61. The summed E-state index contributed by atoms with van der Waals surface area (Å²) >= 11 is 0. The maximum Gasteiger partial charge on any atom is 0.267 e. The number of carbonyl (C=O) groups is 1. The van der Waals surface area contributed by atoms with Gasteiger partial charge in [0.1, 0.15) is 5.69 Å². The Morgan fingerprint density at radius 1 is 1.38 bits per heavy atom. The molecule has 0 bridgehead atoms. The summed E-state index contributed by atoms with van der Waals surface area (Å²) in [6.07, 6.45) is 3.11. The highest BCUT2D eigenvalue weighted by Crippen LogP contribution is 2.12. The minimum atomic E-state index is -0.281. The number of H-pyrrole nitrogens is 1. The third kappa shape index (κ3) is 4.21. The fourth-order valence-electron chi connectivity index (χ4n) is 2.80. The van der Waals surface area contributed by atoms with E-state index in [2.05, 4.69) is 10.3 Å². The third-order valence-corrected chi connectivity index (χ3v) is 4.08. The van der Waals surface area contributed by atoms with Gasteiger partial charge in [-0.2, -0.15) is 0 Å². The van der Waals surface area contributed by atoms with Gasteiger partial charge in [0, 0.05) is 25.1 Å². The molecule has 0 radical (unpaired) electrons. The standard InChI is InChI=1S/C18H22N2O4/c21-17-15-7-2-1-5-13(15)11-16(20-17)18(22)19-8-4-9-23-12-14-6-3-10-24-14/h1-2,5,7,11,14H,3-4,6,8-10,12H2,(H,19,22)(H,20,21). The van der Waals surface area contributed by atoms with Crippen molar-refractivity contribution in [3.8, 4) is 0 Å². The number of rotatable bonds is 7. The number of carbonyl (C=O) groups excluding carboxylic acids is 1. The molecule has 1 unspecified atom stereocenters. The second kappa shape index (κ2) is 8.08. The van der Waals surface area contributed by atoms with Crippen LogP contribution in [0.1, 0.15) is 29.8 Å². The summed E-state index contributed by atoms with van der Waals surface area (Å²) in [7, 11) is 0. The zero-order chi connectivity index (χ0) is 16.8. The molecule has 24 heavy (non-hydrogen) atoms. The highest BCUT2D eigenvalue weighted by molar-refractivity contribution is 5.96. The van der Waals surface area contributed by atoms with Crippen molar-refractivity contribution in [2.45, 2.75) is 25.4 Å². The second-order valence-corrected chi connectivity index (χ2v) is 5.92. The number of aromatic nitrogens is 1. The molecular weight excluding hydrogens is 308 g/mol. The Bertz CT molecular complexity index is 750. The topological polar surface area (TPSA) is 80.4 Å². The highest BCUT2D eigenvalue weighted by Gasteiger charge is 2.15. The summed E-state index contributed by atoms with van der Waals surface area (Å²) in [5, 5.41) is 4.13. The molecule has 1 fully saturated rings. The average Bonchev–Trinajstić information content (AvgIpc) is 3.11. The molecule has 6 heteroatoms. The molecule has 6 nitrogen and oxygen atoms in total. The van der Waals surface area contributed by atoms with Crippen molar-refractivity contribution in [3.63, 3.8) is 0 Å². The summed E-state index contributed by atoms with van der Waals surface area (Å²) in [5.41, 5.74) is 0.0251. The van der Waals surface area contributed by atoms with Crippen LogP contribution in [0, 0.1) is 0 Å². The fourth-order valence-corrected chi connectivity index (χ4v) is 2.80. The van der Waals surface area contributed by atoms with E-state index in [1.807, 2.05) is 12.1 Å². The van der Waals surface area contributed by atoms with E-state index in [1.54, 1.807) is 18.2 Å². The maximum absolute atomic E-state index is 12.1. The van der Waals surface area contributed by atoms with E-state index in [1.165, 1.54) is 0 Å². The first kappa shape index (κ1) is 16.7. The number of pyridine rings is 1. The van der Waals surface area contributed by atoms with Crippen LogP contribution in [0.15, 0.2) is 35.1 Å². The molecule has 3 rings (SSSR count). The zero-order valence-electron chi connectivity index (χ0n) is 13.5. The first-order valence-electron chi connectivity index (χ1n) is 8.33. The van der Waals surface area contributed by atoms with E-state index < -0.39 is 0 Å². The summed E-state index contributed by atoms with van der Waals surface area (Å²) in [6.45, 7) is 2.52. The maximum atomic E-state index is 12.1. The number of hydrogen-bond acceptors (Lipinski definition) is 4. The lowest BCUT2D eigenvalue weighted by Gasteiger charge is -2.10. The monoisotopic (exact) mass is 330 g/mol. The SMILES string of the molecule is O=C(NCCCOCC1CCCO1)c1cc2ccccc2c(=O)[nH]1. The molecule has 2 aromatic rings. The summed E-state index contributed by atoms with van der Waals surface area (Å²) < 4.78 is 11.0. The van der Waals surface area contributed by atoms with Gasteiger partial charge in [-0.05, 0) is 36.8 Å². The van der Waals surface area contributed by atoms with Crippen molar-refractivity contribution < 1.29 is 14.3 Å².